The predicted octanol–water partition coefficient (Wildman–Crippen LogP) is 6.48. The fourth-order valence-electron chi connectivity index (χ4n) is 2.85. The van der Waals surface area contributed by atoms with E-state index in [2.05, 4.69) is 76.4 Å². The van der Waals surface area contributed by atoms with Crippen molar-refractivity contribution < 1.29 is 0 Å². The number of aromatic nitrogens is 2. The van der Waals surface area contributed by atoms with Gasteiger partial charge in [-0.1, -0.05) is 88.2 Å². The number of hydrogen-bond acceptors (Lipinski definition) is 1. The summed E-state index contributed by atoms with van der Waals surface area (Å²) in [5.41, 5.74) is 6.58. The molecule has 4 aromatic rings. The Hall–Kier alpha value is -2.65. The molecule has 4 rings (SSSR count). The Morgan fingerprint density at radius 1 is 0.720 bits per heavy atom. The lowest BCUT2D eigenvalue weighted by Crippen LogP contribution is -1.84. The highest BCUT2D eigenvalue weighted by Gasteiger charge is 2.15. The lowest BCUT2D eigenvalue weighted by molar-refractivity contribution is 1.31. The standard InChI is InChI=1S/C22H17BrN2/c1-15-7-9-17(10-8-15)21-20(16-5-3-2-4-6-16)24-22(25-21)18-11-13-19(23)14-12-18/h2-14H,1H3,(H,24,25). The summed E-state index contributed by atoms with van der Waals surface area (Å²) in [5.74, 6) is 0.877. The van der Waals surface area contributed by atoms with E-state index in [-0.39, 0.29) is 0 Å². The van der Waals surface area contributed by atoms with Crippen molar-refractivity contribution >= 4 is 15.9 Å². The van der Waals surface area contributed by atoms with Gasteiger partial charge >= 0.3 is 0 Å². The molecule has 0 bridgehead atoms. The van der Waals surface area contributed by atoms with Crippen LogP contribution in [-0.2, 0) is 0 Å². The van der Waals surface area contributed by atoms with Crippen LogP contribution in [0.25, 0.3) is 33.9 Å². The molecule has 122 valence electrons. The monoisotopic (exact) mass is 388 g/mol. The molecule has 0 aliphatic carbocycles. The van der Waals surface area contributed by atoms with Gasteiger partial charge in [-0.15, -0.1) is 0 Å². The van der Waals surface area contributed by atoms with E-state index in [1.807, 2.05) is 30.3 Å². The predicted molar refractivity (Wildman–Crippen MR) is 107 cm³/mol. The van der Waals surface area contributed by atoms with Crippen LogP contribution >= 0.6 is 15.9 Å². The summed E-state index contributed by atoms with van der Waals surface area (Å²) in [6.45, 7) is 2.10. The van der Waals surface area contributed by atoms with Crippen molar-refractivity contribution in [1.29, 1.82) is 0 Å². The van der Waals surface area contributed by atoms with Gasteiger partial charge in [0.25, 0.3) is 0 Å². The van der Waals surface area contributed by atoms with Crippen LogP contribution in [0.5, 0.6) is 0 Å². The van der Waals surface area contributed by atoms with Crippen molar-refractivity contribution in [3.63, 3.8) is 0 Å². The van der Waals surface area contributed by atoms with Crippen molar-refractivity contribution in [3.05, 3.63) is 88.9 Å². The van der Waals surface area contributed by atoms with Crippen LogP contribution in [0.3, 0.4) is 0 Å². The molecule has 0 saturated carbocycles. The largest absolute Gasteiger partial charge is 0.337 e. The number of nitrogens with one attached hydrogen (secondary N) is 1. The molecule has 3 aromatic carbocycles. The molecule has 1 heterocycles. The van der Waals surface area contributed by atoms with E-state index in [4.69, 9.17) is 4.98 Å². The lowest BCUT2D eigenvalue weighted by atomic mass is 10.0. The Morgan fingerprint density at radius 3 is 2.04 bits per heavy atom. The molecule has 0 atom stereocenters. The molecule has 0 spiro atoms. The molecule has 0 unspecified atom stereocenters. The molecule has 3 heteroatoms. The highest BCUT2D eigenvalue weighted by Crippen LogP contribution is 2.33. The van der Waals surface area contributed by atoms with Crippen molar-refractivity contribution in [3.8, 4) is 33.9 Å². The molecule has 1 aromatic heterocycles. The summed E-state index contributed by atoms with van der Waals surface area (Å²) in [4.78, 5) is 8.43. The first kappa shape index (κ1) is 15.9. The summed E-state index contributed by atoms with van der Waals surface area (Å²) in [6.07, 6.45) is 0. The van der Waals surface area contributed by atoms with E-state index in [0.29, 0.717) is 0 Å². The molecular formula is C22H17BrN2. The topological polar surface area (TPSA) is 28.7 Å². The molecule has 2 nitrogen and oxygen atoms in total. The lowest BCUT2D eigenvalue weighted by Gasteiger charge is -2.03. The third kappa shape index (κ3) is 3.28. The van der Waals surface area contributed by atoms with Crippen LogP contribution in [-0.4, -0.2) is 9.97 Å². The minimum absolute atomic E-state index is 0.877. The number of imidazole rings is 1. The van der Waals surface area contributed by atoms with Gasteiger partial charge in [-0.05, 0) is 19.1 Å². The molecule has 0 aliphatic heterocycles. The molecule has 0 amide bonds. The highest BCUT2D eigenvalue weighted by molar-refractivity contribution is 9.10. The number of benzene rings is 3. The first-order valence-electron chi connectivity index (χ1n) is 8.19. The highest BCUT2D eigenvalue weighted by atomic mass is 79.9. The smallest absolute Gasteiger partial charge is 0.138 e. The van der Waals surface area contributed by atoms with Crippen molar-refractivity contribution in [2.24, 2.45) is 0 Å². The molecule has 1 N–H and O–H groups in total. The number of aryl methyl sites for hydroxylation is 1. The summed E-state index contributed by atoms with van der Waals surface area (Å²) in [6, 6.07) is 27.0. The molecule has 0 saturated heterocycles. The third-order valence-electron chi connectivity index (χ3n) is 4.21. The van der Waals surface area contributed by atoms with Crippen molar-refractivity contribution in [1.82, 2.24) is 9.97 Å². The number of rotatable bonds is 3. The Kier molecular flexibility index (Phi) is 4.24. The molecule has 0 fully saturated rings. The Balaban J connectivity index is 1.89. The fourth-order valence-corrected chi connectivity index (χ4v) is 3.12. The maximum absolute atomic E-state index is 4.91. The van der Waals surface area contributed by atoms with Crippen LogP contribution in [0.1, 0.15) is 5.56 Å². The van der Waals surface area contributed by atoms with E-state index >= 15 is 0 Å². The SMILES string of the molecule is Cc1ccc(-c2[nH]c(-c3ccc(Br)cc3)nc2-c2ccccc2)cc1. The Labute approximate surface area is 155 Å². The summed E-state index contributed by atoms with van der Waals surface area (Å²) in [7, 11) is 0. The van der Waals surface area contributed by atoms with Gasteiger partial charge in [0.1, 0.15) is 5.82 Å². The zero-order valence-corrected chi connectivity index (χ0v) is 15.4. The average molecular weight is 389 g/mol. The average Bonchev–Trinajstić information content (AvgIpc) is 3.09. The fraction of sp³-hybridized carbons (Fsp3) is 0.0455. The number of hydrogen-bond donors (Lipinski definition) is 1. The van der Waals surface area contributed by atoms with Gasteiger partial charge in [-0.2, -0.15) is 0 Å². The van der Waals surface area contributed by atoms with Crippen molar-refractivity contribution in [2.75, 3.05) is 0 Å². The number of halogens is 1. The molecule has 0 aliphatic rings. The van der Waals surface area contributed by atoms with Crippen LogP contribution < -0.4 is 0 Å². The van der Waals surface area contributed by atoms with Gasteiger partial charge in [0.05, 0.1) is 11.4 Å². The van der Waals surface area contributed by atoms with E-state index < -0.39 is 0 Å². The Bertz CT molecular complexity index is 985. The van der Waals surface area contributed by atoms with Gasteiger partial charge < -0.3 is 4.98 Å². The van der Waals surface area contributed by atoms with E-state index in [1.54, 1.807) is 0 Å². The first-order valence-corrected chi connectivity index (χ1v) is 8.98. The van der Waals surface area contributed by atoms with Gasteiger partial charge in [-0.25, -0.2) is 4.98 Å². The van der Waals surface area contributed by atoms with Gasteiger partial charge in [0, 0.05) is 21.2 Å². The van der Waals surface area contributed by atoms with Crippen LogP contribution in [0, 0.1) is 6.92 Å². The second-order valence-electron chi connectivity index (χ2n) is 6.05. The van der Waals surface area contributed by atoms with E-state index in [9.17, 15) is 0 Å². The van der Waals surface area contributed by atoms with Crippen molar-refractivity contribution in [2.45, 2.75) is 6.92 Å². The Morgan fingerprint density at radius 2 is 1.36 bits per heavy atom. The summed E-state index contributed by atoms with van der Waals surface area (Å²) in [5, 5.41) is 0. The van der Waals surface area contributed by atoms with Crippen LogP contribution in [0.2, 0.25) is 0 Å². The normalized spacial score (nSPS) is 10.8. The second kappa shape index (κ2) is 6.69. The number of H-pyrrole nitrogens is 1. The summed E-state index contributed by atoms with van der Waals surface area (Å²) < 4.78 is 1.06. The molecule has 0 radical (unpaired) electrons. The minimum Gasteiger partial charge on any atom is -0.337 e. The van der Waals surface area contributed by atoms with Gasteiger partial charge in [0.15, 0.2) is 0 Å². The first-order chi connectivity index (χ1) is 12.2. The second-order valence-corrected chi connectivity index (χ2v) is 6.96. The van der Waals surface area contributed by atoms with Gasteiger partial charge in [-0.3, -0.25) is 0 Å². The van der Waals surface area contributed by atoms with E-state index in [0.717, 1.165) is 38.4 Å². The maximum Gasteiger partial charge on any atom is 0.138 e. The molecule has 25 heavy (non-hydrogen) atoms. The number of aromatic amines is 1. The number of nitrogens with zero attached hydrogens (tertiary/aromatic N) is 1. The zero-order valence-electron chi connectivity index (χ0n) is 13.8. The zero-order chi connectivity index (χ0) is 17.2. The minimum atomic E-state index is 0.877. The van der Waals surface area contributed by atoms with E-state index in [1.165, 1.54) is 5.56 Å². The maximum atomic E-state index is 4.91. The quantitative estimate of drug-likeness (QED) is 0.427. The third-order valence-corrected chi connectivity index (χ3v) is 4.74. The van der Waals surface area contributed by atoms with Crippen LogP contribution in [0.4, 0.5) is 0 Å². The summed E-state index contributed by atoms with van der Waals surface area (Å²) >= 11 is 3.49. The van der Waals surface area contributed by atoms with Gasteiger partial charge in [0.2, 0.25) is 0 Å². The molecular weight excluding hydrogens is 372 g/mol. The van der Waals surface area contributed by atoms with Crippen LogP contribution in [0.15, 0.2) is 83.3 Å².